The van der Waals surface area contributed by atoms with Crippen LogP contribution >= 0.6 is 11.3 Å². The van der Waals surface area contributed by atoms with Gasteiger partial charge in [-0.25, -0.2) is 9.78 Å². The molecule has 0 fully saturated rings. The number of nitrogens with zero attached hydrogens (tertiary/aromatic N) is 1. The first-order valence-electron chi connectivity index (χ1n) is 5.76. The number of carboxylic acid groups (broad SMARTS) is 1. The lowest BCUT2D eigenvalue weighted by atomic mass is 10.2. The van der Waals surface area contributed by atoms with Gasteiger partial charge in [0.1, 0.15) is 11.3 Å². The second-order valence-electron chi connectivity index (χ2n) is 3.84. The third-order valence-corrected chi connectivity index (χ3v) is 3.40. The fraction of sp³-hybridized carbons (Fsp3) is 0.231. The van der Waals surface area contributed by atoms with E-state index in [0.29, 0.717) is 5.75 Å². The molecule has 0 saturated heterocycles. The standard InChI is InChI=1S/C13H14N2O3S/c1-3-8-7-19-13(14-8)15-9-4-5-10(12(16)17)11(6-9)18-2/h4-7H,3H2,1-2H3,(H,14,15)(H,16,17). The minimum atomic E-state index is -1.01. The molecule has 1 aromatic carbocycles. The normalized spacial score (nSPS) is 10.2. The van der Waals surface area contributed by atoms with Gasteiger partial charge in [-0.1, -0.05) is 6.92 Å². The number of nitrogens with one attached hydrogen (secondary N) is 1. The van der Waals surface area contributed by atoms with Crippen LogP contribution in [0.3, 0.4) is 0 Å². The molecule has 0 unspecified atom stereocenters. The zero-order valence-electron chi connectivity index (χ0n) is 10.6. The van der Waals surface area contributed by atoms with E-state index in [-0.39, 0.29) is 5.56 Å². The summed E-state index contributed by atoms with van der Waals surface area (Å²) in [5, 5.41) is 14.9. The van der Waals surface area contributed by atoms with Crippen LogP contribution in [0.2, 0.25) is 0 Å². The van der Waals surface area contributed by atoms with E-state index >= 15 is 0 Å². The van der Waals surface area contributed by atoms with Gasteiger partial charge in [-0.3, -0.25) is 0 Å². The van der Waals surface area contributed by atoms with Crippen LogP contribution in [0.15, 0.2) is 23.6 Å². The third kappa shape index (κ3) is 3.03. The molecular formula is C13H14N2O3S. The molecule has 6 heteroatoms. The lowest BCUT2D eigenvalue weighted by Crippen LogP contribution is -2.01. The molecule has 2 N–H and O–H groups in total. The molecule has 0 aliphatic rings. The van der Waals surface area contributed by atoms with Crippen LogP contribution in [0.5, 0.6) is 5.75 Å². The minimum absolute atomic E-state index is 0.140. The Kier molecular flexibility index (Phi) is 4.01. The van der Waals surface area contributed by atoms with Gasteiger partial charge in [0.25, 0.3) is 0 Å². The SMILES string of the molecule is CCc1csc(Nc2ccc(C(=O)O)c(OC)c2)n1. The summed E-state index contributed by atoms with van der Waals surface area (Å²) in [5.41, 5.74) is 1.92. The molecule has 1 aromatic heterocycles. The molecule has 0 radical (unpaired) electrons. The summed E-state index contributed by atoms with van der Waals surface area (Å²) >= 11 is 1.51. The largest absolute Gasteiger partial charge is 0.496 e. The highest BCUT2D eigenvalue weighted by molar-refractivity contribution is 7.13. The van der Waals surface area contributed by atoms with E-state index in [4.69, 9.17) is 9.84 Å². The summed E-state index contributed by atoms with van der Waals surface area (Å²) in [6.07, 6.45) is 0.888. The van der Waals surface area contributed by atoms with Gasteiger partial charge in [-0.05, 0) is 18.6 Å². The molecule has 19 heavy (non-hydrogen) atoms. The summed E-state index contributed by atoms with van der Waals surface area (Å²) in [6.45, 7) is 2.05. The number of hydrogen-bond donors (Lipinski definition) is 2. The second kappa shape index (κ2) is 5.71. The van der Waals surface area contributed by atoms with Crippen LogP contribution < -0.4 is 10.1 Å². The number of rotatable bonds is 5. The molecule has 5 nitrogen and oxygen atoms in total. The Morgan fingerprint density at radius 1 is 1.53 bits per heavy atom. The van der Waals surface area contributed by atoms with Gasteiger partial charge in [0.05, 0.1) is 12.8 Å². The van der Waals surface area contributed by atoms with E-state index < -0.39 is 5.97 Å². The van der Waals surface area contributed by atoms with Crippen molar-refractivity contribution in [2.75, 3.05) is 12.4 Å². The third-order valence-electron chi connectivity index (χ3n) is 2.60. The predicted molar refractivity (Wildman–Crippen MR) is 74.7 cm³/mol. The molecule has 2 aromatic rings. The minimum Gasteiger partial charge on any atom is -0.496 e. The van der Waals surface area contributed by atoms with Crippen LogP contribution in [-0.4, -0.2) is 23.2 Å². The number of aromatic nitrogens is 1. The quantitative estimate of drug-likeness (QED) is 0.879. The van der Waals surface area contributed by atoms with Crippen molar-refractivity contribution in [1.29, 1.82) is 0 Å². The van der Waals surface area contributed by atoms with E-state index in [1.165, 1.54) is 24.5 Å². The van der Waals surface area contributed by atoms with E-state index in [9.17, 15) is 4.79 Å². The molecule has 0 saturated carbocycles. The Bertz CT molecular complexity index is 595. The number of thiazole rings is 1. The number of aromatic carboxylic acids is 1. The molecule has 0 atom stereocenters. The Balaban J connectivity index is 2.23. The van der Waals surface area contributed by atoms with Gasteiger partial charge < -0.3 is 15.2 Å². The van der Waals surface area contributed by atoms with E-state index in [1.54, 1.807) is 12.1 Å². The maximum Gasteiger partial charge on any atom is 0.339 e. The van der Waals surface area contributed by atoms with Crippen molar-refractivity contribution < 1.29 is 14.6 Å². The van der Waals surface area contributed by atoms with Crippen molar-refractivity contribution in [2.45, 2.75) is 13.3 Å². The first kappa shape index (κ1) is 13.4. The first-order valence-corrected chi connectivity index (χ1v) is 6.64. The number of carbonyl (C=O) groups is 1. The highest BCUT2D eigenvalue weighted by atomic mass is 32.1. The average Bonchev–Trinajstić information content (AvgIpc) is 2.86. The fourth-order valence-electron chi connectivity index (χ4n) is 1.60. The van der Waals surface area contributed by atoms with Crippen LogP contribution in [0.1, 0.15) is 23.0 Å². The molecule has 0 aliphatic heterocycles. The molecule has 1 heterocycles. The lowest BCUT2D eigenvalue weighted by Gasteiger charge is -2.08. The van der Waals surface area contributed by atoms with Crippen molar-refractivity contribution in [1.82, 2.24) is 4.98 Å². The van der Waals surface area contributed by atoms with Crippen molar-refractivity contribution in [3.63, 3.8) is 0 Å². The molecule has 2 rings (SSSR count). The molecular weight excluding hydrogens is 264 g/mol. The van der Waals surface area contributed by atoms with Crippen LogP contribution in [0.25, 0.3) is 0 Å². The van der Waals surface area contributed by atoms with Gasteiger partial charge in [-0.15, -0.1) is 11.3 Å². The Morgan fingerprint density at radius 3 is 2.89 bits per heavy atom. The molecule has 0 amide bonds. The second-order valence-corrected chi connectivity index (χ2v) is 4.70. The Labute approximate surface area is 114 Å². The van der Waals surface area contributed by atoms with Crippen molar-refractivity contribution in [2.24, 2.45) is 0 Å². The topological polar surface area (TPSA) is 71.5 Å². The summed E-state index contributed by atoms with van der Waals surface area (Å²) in [4.78, 5) is 15.4. The molecule has 0 bridgehead atoms. The molecule has 0 aliphatic carbocycles. The van der Waals surface area contributed by atoms with Gasteiger partial charge >= 0.3 is 5.97 Å². The number of carboxylic acids is 1. The highest BCUT2D eigenvalue weighted by Crippen LogP contribution is 2.27. The van der Waals surface area contributed by atoms with Gasteiger partial charge in [0, 0.05) is 17.1 Å². The zero-order valence-corrected chi connectivity index (χ0v) is 11.5. The van der Waals surface area contributed by atoms with E-state index in [2.05, 4.69) is 10.3 Å². The Morgan fingerprint density at radius 2 is 2.32 bits per heavy atom. The predicted octanol–water partition coefficient (Wildman–Crippen LogP) is 3.16. The van der Waals surface area contributed by atoms with Gasteiger partial charge in [0.2, 0.25) is 0 Å². The van der Waals surface area contributed by atoms with Crippen LogP contribution in [-0.2, 0) is 6.42 Å². The fourth-order valence-corrected chi connectivity index (χ4v) is 2.41. The van der Waals surface area contributed by atoms with Crippen molar-refractivity contribution in [3.8, 4) is 5.75 Å². The summed E-state index contributed by atoms with van der Waals surface area (Å²) < 4.78 is 5.07. The number of hydrogen-bond acceptors (Lipinski definition) is 5. The zero-order chi connectivity index (χ0) is 13.8. The van der Waals surface area contributed by atoms with Crippen molar-refractivity contribution >= 4 is 28.1 Å². The van der Waals surface area contributed by atoms with Crippen LogP contribution in [0, 0.1) is 0 Å². The van der Waals surface area contributed by atoms with Gasteiger partial charge in [-0.2, -0.15) is 0 Å². The number of benzene rings is 1. The van der Waals surface area contributed by atoms with Gasteiger partial charge in [0.15, 0.2) is 5.13 Å². The summed E-state index contributed by atoms with van der Waals surface area (Å²) in [6, 6.07) is 4.85. The summed E-state index contributed by atoms with van der Waals surface area (Å²) in [7, 11) is 1.45. The highest BCUT2D eigenvalue weighted by Gasteiger charge is 2.11. The number of methoxy groups -OCH3 is 1. The summed E-state index contributed by atoms with van der Waals surface area (Å²) in [5.74, 6) is -0.685. The number of aryl methyl sites for hydroxylation is 1. The smallest absolute Gasteiger partial charge is 0.339 e. The monoisotopic (exact) mass is 278 g/mol. The van der Waals surface area contributed by atoms with E-state index in [0.717, 1.165) is 22.9 Å². The van der Waals surface area contributed by atoms with Crippen molar-refractivity contribution in [3.05, 3.63) is 34.8 Å². The molecule has 100 valence electrons. The lowest BCUT2D eigenvalue weighted by molar-refractivity contribution is 0.0693. The maximum absolute atomic E-state index is 11.0. The Hall–Kier alpha value is -2.08. The van der Waals surface area contributed by atoms with Crippen LogP contribution in [0.4, 0.5) is 10.8 Å². The first-order chi connectivity index (χ1) is 9.13. The van der Waals surface area contributed by atoms with E-state index in [1.807, 2.05) is 12.3 Å². The molecule has 0 spiro atoms. The average molecular weight is 278 g/mol. The number of ether oxygens (including phenoxy) is 1. The number of anilines is 2. The maximum atomic E-state index is 11.0.